The third-order valence-electron chi connectivity index (χ3n) is 1.53. The van der Waals surface area contributed by atoms with Crippen molar-refractivity contribution in [3.63, 3.8) is 0 Å². The first-order chi connectivity index (χ1) is 5.11. The van der Waals surface area contributed by atoms with E-state index in [4.69, 9.17) is 5.73 Å². The van der Waals surface area contributed by atoms with Gasteiger partial charge in [0.1, 0.15) is 0 Å². The summed E-state index contributed by atoms with van der Waals surface area (Å²) in [5, 5.41) is 0. The van der Waals surface area contributed by atoms with Gasteiger partial charge in [-0.1, -0.05) is 0 Å². The van der Waals surface area contributed by atoms with E-state index in [0.29, 0.717) is 0 Å². The number of nitrogens with two attached hydrogens (primary N) is 1. The van der Waals surface area contributed by atoms with Crippen molar-refractivity contribution in [2.75, 3.05) is 0 Å². The molecular formula is C8H12BrClN2. The molecule has 68 valence electrons. The van der Waals surface area contributed by atoms with E-state index in [2.05, 4.69) is 20.9 Å². The summed E-state index contributed by atoms with van der Waals surface area (Å²) >= 11 is 3.38. The summed E-state index contributed by atoms with van der Waals surface area (Å²) in [6.07, 6.45) is 1.79. The number of nitrogens with zero attached hydrogens (tertiary/aromatic N) is 1. The van der Waals surface area contributed by atoms with E-state index >= 15 is 0 Å². The minimum Gasteiger partial charge on any atom is -0.323 e. The van der Waals surface area contributed by atoms with Crippen LogP contribution in [0.5, 0.6) is 0 Å². The van der Waals surface area contributed by atoms with Gasteiger partial charge in [-0.25, -0.2) is 0 Å². The maximum atomic E-state index is 5.65. The van der Waals surface area contributed by atoms with Crippen LogP contribution in [0.15, 0.2) is 16.7 Å². The summed E-state index contributed by atoms with van der Waals surface area (Å²) in [4.78, 5) is 4.17. The van der Waals surface area contributed by atoms with E-state index in [1.54, 1.807) is 6.20 Å². The highest BCUT2D eigenvalue weighted by molar-refractivity contribution is 9.10. The Kier molecular flexibility index (Phi) is 4.75. The predicted octanol–water partition coefficient (Wildman–Crippen LogP) is 2.59. The van der Waals surface area contributed by atoms with Crippen LogP contribution in [0.1, 0.15) is 24.2 Å². The number of hydrogen-bond donors (Lipinski definition) is 1. The molecule has 0 aliphatic heterocycles. The van der Waals surface area contributed by atoms with E-state index < -0.39 is 0 Å². The summed E-state index contributed by atoms with van der Waals surface area (Å²) in [5.74, 6) is 0. The van der Waals surface area contributed by atoms with E-state index in [0.717, 1.165) is 10.2 Å². The Hall–Kier alpha value is -0.120. The second-order valence-corrected chi connectivity index (χ2v) is 3.50. The fourth-order valence-electron chi connectivity index (χ4n) is 0.810. The second-order valence-electron chi connectivity index (χ2n) is 2.65. The zero-order valence-electron chi connectivity index (χ0n) is 7.04. The zero-order valence-corrected chi connectivity index (χ0v) is 9.45. The summed E-state index contributed by atoms with van der Waals surface area (Å²) in [7, 11) is 0. The molecule has 0 amide bonds. The third kappa shape index (κ3) is 2.73. The van der Waals surface area contributed by atoms with Crippen molar-refractivity contribution in [1.29, 1.82) is 0 Å². The Morgan fingerprint density at radius 1 is 1.58 bits per heavy atom. The topological polar surface area (TPSA) is 38.9 Å². The molecule has 1 aromatic rings. The standard InChI is InChI=1S/C8H11BrN2.ClH/c1-5-3-8(6(2)10)11-4-7(5)9;/h3-4,6H,10H2,1-2H3;1H/t6-;/m1./s1. The third-order valence-corrected chi connectivity index (χ3v) is 2.36. The van der Waals surface area contributed by atoms with Crippen molar-refractivity contribution >= 4 is 28.3 Å². The van der Waals surface area contributed by atoms with Gasteiger partial charge in [0.05, 0.1) is 5.69 Å². The van der Waals surface area contributed by atoms with Crippen LogP contribution in [0.25, 0.3) is 0 Å². The van der Waals surface area contributed by atoms with Crippen LogP contribution in [0, 0.1) is 6.92 Å². The van der Waals surface area contributed by atoms with Crippen molar-refractivity contribution < 1.29 is 0 Å². The molecule has 0 saturated heterocycles. The Labute approximate surface area is 87.1 Å². The van der Waals surface area contributed by atoms with Crippen LogP contribution < -0.4 is 5.73 Å². The first kappa shape index (κ1) is 11.9. The molecule has 0 spiro atoms. The number of aryl methyl sites for hydroxylation is 1. The molecule has 0 saturated carbocycles. The molecule has 2 N–H and O–H groups in total. The van der Waals surface area contributed by atoms with Gasteiger partial charge in [0.2, 0.25) is 0 Å². The highest BCUT2D eigenvalue weighted by atomic mass is 79.9. The van der Waals surface area contributed by atoms with Crippen LogP contribution >= 0.6 is 28.3 Å². The number of halogens is 2. The number of rotatable bonds is 1. The monoisotopic (exact) mass is 250 g/mol. The second kappa shape index (κ2) is 4.80. The molecule has 1 heterocycles. The normalized spacial score (nSPS) is 12.0. The average molecular weight is 252 g/mol. The van der Waals surface area contributed by atoms with Crippen molar-refractivity contribution in [1.82, 2.24) is 4.98 Å². The summed E-state index contributed by atoms with van der Waals surface area (Å²) in [6, 6.07) is 2.01. The van der Waals surface area contributed by atoms with Gasteiger partial charge in [-0.15, -0.1) is 12.4 Å². The zero-order chi connectivity index (χ0) is 8.43. The van der Waals surface area contributed by atoms with E-state index in [1.807, 2.05) is 19.9 Å². The van der Waals surface area contributed by atoms with Gasteiger partial charge < -0.3 is 5.73 Å². The summed E-state index contributed by atoms with van der Waals surface area (Å²) in [5.41, 5.74) is 7.76. The quantitative estimate of drug-likeness (QED) is 0.833. The van der Waals surface area contributed by atoms with Crippen LogP contribution in [0.4, 0.5) is 0 Å². The smallest absolute Gasteiger partial charge is 0.0571 e. The molecule has 0 bridgehead atoms. The SMILES string of the molecule is Cc1cc([C@@H](C)N)ncc1Br.Cl. The largest absolute Gasteiger partial charge is 0.323 e. The van der Waals surface area contributed by atoms with Crippen LogP contribution in [-0.2, 0) is 0 Å². The molecule has 0 radical (unpaired) electrons. The molecule has 1 atom stereocenters. The molecule has 12 heavy (non-hydrogen) atoms. The lowest BCUT2D eigenvalue weighted by Gasteiger charge is -2.05. The fraction of sp³-hybridized carbons (Fsp3) is 0.375. The highest BCUT2D eigenvalue weighted by Gasteiger charge is 2.02. The number of hydrogen-bond acceptors (Lipinski definition) is 2. The van der Waals surface area contributed by atoms with Crippen LogP contribution in [0.2, 0.25) is 0 Å². The lowest BCUT2D eigenvalue weighted by Crippen LogP contribution is -2.07. The molecule has 0 aromatic carbocycles. The average Bonchev–Trinajstić information content (AvgIpc) is 1.94. The van der Waals surface area contributed by atoms with Gasteiger partial charge >= 0.3 is 0 Å². The molecule has 0 aliphatic rings. The molecule has 2 nitrogen and oxygen atoms in total. The molecule has 1 aromatic heterocycles. The van der Waals surface area contributed by atoms with Crippen molar-refractivity contribution in [2.45, 2.75) is 19.9 Å². The van der Waals surface area contributed by atoms with Gasteiger partial charge in [0.15, 0.2) is 0 Å². The predicted molar refractivity (Wildman–Crippen MR) is 56.5 cm³/mol. The maximum Gasteiger partial charge on any atom is 0.0571 e. The maximum absolute atomic E-state index is 5.65. The summed E-state index contributed by atoms with van der Waals surface area (Å²) in [6.45, 7) is 3.95. The minimum atomic E-state index is 0. The highest BCUT2D eigenvalue weighted by Crippen LogP contribution is 2.16. The van der Waals surface area contributed by atoms with E-state index in [-0.39, 0.29) is 18.4 Å². The Bertz CT molecular complexity index is 263. The van der Waals surface area contributed by atoms with Gasteiger partial charge in [-0.3, -0.25) is 4.98 Å². The molecule has 4 heteroatoms. The Morgan fingerprint density at radius 2 is 2.17 bits per heavy atom. The van der Waals surface area contributed by atoms with Crippen molar-refractivity contribution in [3.8, 4) is 0 Å². The van der Waals surface area contributed by atoms with Crippen molar-refractivity contribution in [3.05, 3.63) is 28.0 Å². The van der Waals surface area contributed by atoms with Crippen LogP contribution in [-0.4, -0.2) is 4.98 Å². The number of aromatic nitrogens is 1. The first-order valence-corrected chi connectivity index (χ1v) is 4.28. The molecule has 1 rings (SSSR count). The van der Waals surface area contributed by atoms with Gasteiger partial charge in [0.25, 0.3) is 0 Å². The molecular weight excluding hydrogens is 239 g/mol. The minimum absolute atomic E-state index is 0. The molecule has 0 aliphatic carbocycles. The number of pyridine rings is 1. The Balaban J connectivity index is 0.00000121. The lowest BCUT2D eigenvalue weighted by molar-refractivity contribution is 0.778. The molecule has 0 fully saturated rings. The summed E-state index contributed by atoms with van der Waals surface area (Å²) < 4.78 is 1.03. The fourth-order valence-corrected chi connectivity index (χ4v) is 1.03. The lowest BCUT2D eigenvalue weighted by atomic mass is 10.2. The van der Waals surface area contributed by atoms with E-state index in [9.17, 15) is 0 Å². The first-order valence-electron chi connectivity index (χ1n) is 3.49. The van der Waals surface area contributed by atoms with Gasteiger partial charge in [-0.2, -0.15) is 0 Å². The van der Waals surface area contributed by atoms with E-state index in [1.165, 1.54) is 5.56 Å². The van der Waals surface area contributed by atoms with Crippen LogP contribution in [0.3, 0.4) is 0 Å². The Morgan fingerprint density at radius 3 is 2.58 bits per heavy atom. The molecule has 0 unspecified atom stereocenters. The van der Waals surface area contributed by atoms with Crippen molar-refractivity contribution in [2.24, 2.45) is 5.73 Å². The van der Waals surface area contributed by atoms with Gasteiger partial charge in [0, 0.05) is 16.7 Å². The van der Waals surface area contributed by atoms with Gasteiger partial charge in [-0.05, 0) is 41.4 Å².